The highest BCUT2D eigenvalue weighted by atomic mass is 19.4. The van der Waals surface area contributed by atoms with Gasteiger partial charge in [0.1, 0.15) is 0 Å². The molecule has 0 fully saturated rings. The summed E-state index contributed by atoms with van der Waals surface area (Å²) in [5, 5.41) is 0. The smallest absolute Gasteiger partial charge is 0.256 e. The number of benzene rings is 2. The normalized spacial score (nSPS) is 12.2. The molecule has 0 saturated heterocycles. The van der Waals surface area contributed by atoms with Crippen molar-refractivity contribution in [2.24, 2.45) is 0 Å². The summed E-state index contributed by atoms with van der Waals surface area (Å²) in [5.74, 6) is 0. The van der Waals surface area contributed by atoms with Crippen LogP contribution in [0.15, 0.2) is 66.9 Å². The van der Waals surface area contributed by atoms with Crippen molar-refractivity contribution in [3.8, 4) is 22.4 Å². The van der Waals surface area contributed by atoms with Crippen molar-refractivity contribution < 1.29 is 26.3 Å². The Balaban J connectivity index is 1.91. The van der Waals surface area contributed by atoms with E-state index in [0.29, 0.717) is 22.4 Å². The Morgan fingerprint density at radius 1 is 0.538 bits per heavy atom. The third-order valence-corrected chi connectivity index (χ3v) is 3.81. The van der Waals surface area contributed by atoms with Crippen molar-refractivity contribution in [2.75, 3.05) is 0 Å². The van der Waals surface area contributed by atoms with Crippen LogP contribution >= 0.6 is 0 Å². The fourth-order valence-corrected chi connectivity index (χ4v) is 2.45. The van der Waals surface area contributed by atoms with E-state index in [1.165, 1.54) is 30.5 Å². The quantitative estimate of drug-likeness (QED) is 0.474. The van der Waals surface area contributed by atoms with E-state index in [2.05, 4.69) is 4.98 Å². The fraction of sp³-hybridized carbons (Fsp3) is 0.105. The molecule has 0 spiro atoms. The van der Waals surface area contributed by atoms with Crippen LogP contribution in [0.1, 0.15) is 11.1 Å². The number of hydrogen-bond acceptors (Lipinski definition) is 1. The Morgan fingerprint density at radius 2 is 1.00 bits per heavy atom. The lowest BCUT2D eigenvalue weighted by Crippen LogP contribution is -2.04. The Morgan fingerprint density at radius 3 is 1.46 bits per heavy atom. The van der Waals surface area contributed by atoms with E-state index in [4.69, 9.17) is 0 Å². The minimum absolute atomic E-state index is 0.427. The van der Waals surface area contributed by atoms with Gasteiger partial charge in [0.25, 0.3) is 0 Å². The van der Waals surface area contributed by atoms with Crippen molar-refractivity contribution in [2.45, 2.75) is 12.4 Å². The van der Waals surface area contributed by atoms with Crippen LogP contribution in [0, 0.1) is 0 Å². The van der Waals surface area contributed by atoms with Gasteiger partial charge in [0.05, 0.1) is 16.8 Å². The van der Waals surface area contributed by atoms with E-state index in [-0.39, 0.29) is 0 Å². The highest BCUT2D eigenvalue weighted by Crippen LogP contribution is 2.33. The number of halogens is 6. The predicted octanol–water partition coefficient (Wildman–Crippen LogP) is 6.45. The molecule has 1 heterocycles. The maximum Gasteiger partial charge on any atom is 0.416 e. The molecule has 1 aromatic heterocycles. The van der Waals surface area contributed by atoms with Crippen molar-refractivity contribution in [1.82, 2.24) is 4.98 Å². The molecule has 0 aliphatic rings. The minimum Gasteiger partial charge on any atom is -0.256 e. The first kappa shape index (κ1) is 18.0. The molecule has 7 heteroatoms. The molecule has 3 aromatic rings. The van der Waals surface area contributed by atoms with Gasteiger partial charge in [0.2, 0.25) is 0 Å². The monoisotopic (exact) mass is 367 g/mol. The van der Waals surface area contributed by atoms with Crippen LogP contribution in [0.3, 0.4) is 0 Å². The molecule has 0 unspecified atom stereocenters. The number of aromatic nitrogens is 1. The van der Waals surface area contributed by atoms with E-state index in [1.54, 1.807) is 12.1 Å². The van der Waals surface area contributed by atoms with Gasteiger partial charge in [0, 0.05) is 11.8 Å². The van der Waals surface area contributed by atoms with Gasteiger partial charge in [-0.2, -0.15) is 26.3 Å². The summed E-state index contributed by atoms with van der Waals surface area (Å²) in [4.78, 5) is 4.12. The summed E-state index contributed by atoms with van der Waals surface area (Å²) in [6.07, 6.45) is -7.38. The molecule has 0 saturated carbocycles. The summed E-state index contributed by atoms with van der Waals surface area (Å²) in [7, 11) is 0. The Hall–Kier alpha value is -2.83. The molecule has 1 nitrogen and oxygen atoms in total. The lowest BCUT2D eigenvalue weighted by Gasteiger charge is -2.10. The fourth-order valence-electron chi connectivity index (χ4n) is 2.45. The maximum atomic E-state index is 12.6. The molecule has 0 aliphatic carbocycles. The van der Waals surface area contributed by atoms with E-state index < -0.39 is 23.5 Å². The van der Waals surface area contributed by atoms with Crippen LogP contribution in [0.4, 0.5) is 26.3 Å². The first-order valence-electron chi connectivity index (χ1n) is 7.46. The zero-order chi connectivity index (χ0) is 18.9. The molecule has 0 amide bonds. The second-order valence-electron chi connectivity index (χ2n) is 5.58. The van der Waals surface area contributed by atoms with Crippen molar-refractivity contribution >= 4 is 0 Å². The summed E-state index contributed by atoms with van der Waals surface area (Å²) in [6.45, 7) is 0. The molecule has 0 aliphatic heterocycles. The van der Waals surface area contributed by atoms with Crippen LogP contribution in [0.2, 0.25) is 0 Å². The predicted molar refractivity (Wildman–Crippen MR) is 85.1 cm³/mol. The van der Waals surface area contributed by atoms with Crippen molar-refractivity contribution in [1.29, 1.82) is 0 Å². The first-order chi connectivity index (χ1) is 12.1. The molecular formula is C19H11F6N. The van der Waals surface area contributed by atoms with E-state index in [0.717, 1.165) is 24.3 Å². The van der Waals surface area contributed by atoms with Gasteiger partial charge < -0.3 is 0 Å². The van der Waals surface area contributed by atoms with Crippen molar-refractivity contribution in [3.63, 3.8) is 0 Å². The summed E-state index contributed by atoms with van der Waals surface area (Å²) in [6, 6.07) is 12.4. The molecule has 2 aromatic carbocycles. The molecule has 3 rings (SSSR count). The second kappa shape index (κ2) is 6.48. The Bertz CT molecular complexity index is 820. The van der Waals surface area contributed by atoms with E-state index >= 15 is 0 Å². The number of hydrogen-bond donors (Lipinski definition) is 0. The third kappa shape index (κ3) is 3.87. The summed E-state index contributed by atoms with van der Waals surface area (Å²) < 4.78 is 75.8. The van der Waals surface area contributed by atoms with Gasteiger partial charge in [-0.05, 0) is 47.5 Å². The molecule has 0 radical (unpaired) electrons. The van der Waals surface area contributed by atoms with E-state index in [1.807, 2.05) is 0 Å². The van der Waals surface area contributed by atoms with E-state index in [9.17, 15) is 26.3 Å². The molecular weight excluding hydrogens is 356 g/mol. The minimum atomic E-state index is -4.42. The Kier molecular flexibility index (Phi) is 4.48. The average molecular weight is 367 g/mol. The zero-order valence-corrected chi connectivity index (χ0v) is 13.1. The average Bonchev–Trinajstić information content (AvgIpc) is 2.61. The second-order valence-corrected chi connectivity index (χ2v) is 5.58. The van der Waals surface area contributed by atoms with Gasteiger partial charge in [0.15, 0.2) is 0 Å². The zero-order valence-electron chi connectivity index (χ0n) is 13.1. The highest BCUT2D eigenvalue weighted by Gasteiger charge is 2.30. The molecule has 134 valence electrons. The van der Waals surface area contributed by atoms with Gasteiger partial charge in [-0.3, -0.25) is 4.98 Å². The first-order valence-corrected chi connectivity index (χ1v) is 7.46. The van der Waals surface area contributed by atoms with Gasteiger partial charge in [-0.25, -0.2) is 0 Å². The highest BCUT2D eigenvalue weighted by molar-refractivity contribution is 5.70. The van der Waals surface area contributed by atoms with Crippen LogP contribution in [-0.4, -0.2) is 4.98 Å². The SMILES string of the molecule is FC(F)(F)c1ccc(-c2ccnc(-c3ccc(C(F)(F)F)cc3)c2)cc1. The maximum absolute atomic E-state index is 12.6. The molecule has 0 atom stereocenters. The number of alkyl halides is 6. The lowest BCUT2D eigenvalue weighted by atomic mass is 10.0. The van der Waals surface area contributed by atoms with Crippen molar-refractivity contribution in [3.05, 3.63) is 78.0 Å². The number of rotatable bonds is 2. The van der Waals surface area contributed by atoms with Crippen LogP contribution in [0.25, 0.3) is 22.4 Å². The third-order valence-electron chi connectivity index (χ3n) is 3.81. The van der Waals surface area contributed by atoms with Gasteiger partial charge >= 0.3 is 12.4 Å². The summed E-state index contributed by atoms with van der Waals surface area (Å²) >= 11 is 0. The standard InChI is InChI=1S/C19H11F6N/c20-18(21,22)15-5-1-12(2-6-15)14-9-10-26-17(11-14)13-3-7-16(8-4-13)19(23,24)25/h1-11H. The van der Waals surface area contributed by atoms with Crippen LogP contribution in [-0.2, 0) is 12.4 Å². The van der Waals surface area contributed by atoms with Gasteiger partial charge in [-0.1, -0.05) is 24.3 Å². The molecule has 0 bridgehead atoms. The Labute approximate surface area is 144 Å². The summed E-state index contributed by atoms with van der Waals surface area (Å²) in [5.41, 5.74) is 0.554. The lowest BCUT2D eigenvalue weighted by molar-refractivity contribution is -0.138. The number of pyridine rings is 1. The van der Waals surface area contributed by atoms with Crippen LogP contribution in [0.5, 0.6) is 0 Å². The number of nitrogens with zero attached hydrogens (tertiary/aromatic N) is 1. The largest absolute Gasteiger partial charge is 0.416 e. The topological polar surface area (TPSA) is 12.9 Å². The molecule has 0 N–H and O–H groups in total. The van der Waals surface area contributed by atoms with Gasteiger partial charge in [-0.15, -0.1) is 0 Å². The van der Waals surface area contributed by atoms with Crippen LogP contribution < -0.4 is 0 Å². The molecule has 26 heavy (non-hydrogen) atoms.